The predicted octanol–water partition coefficient (Wildman–Crippen LogP) is 2.02. The Balaban J connectivity index is 2.47. The van der Waals surface area contributed by atoms with E-state index in [1.807, 2.05) is 18.2 Å². The Hall–Kier alpha value is -0.791. The molecule has 0 N–H and O–H groups in total. The van der Waals surface area contributed by atoms with E-state index in [1.165, 1.54) is 11.4 Å². The van der Waals surface area contributed by atoms with Crippen LogP contribution in [0.4, 0.5) is 0 Å². The number of hydrogen-bond acceptors (Lipinski definition) is 2. The molecule has 1 atom stereocenters. The van der Waals surface area contributed by atoms with E-state index in [0.29, 0.717) is 20.9 Å². The first kappa shape index (κ1) is 13.3. The van der Waals surface area contributed by atoms with Crippen LogP contribution in [0, 0.1) is 5.92 Å². The van der Waals surface area contributed by atoms with Crippen molar-refractivity contribution >= 4 is 25.4 Å². The summed E-state index contributed by atoms with van der Waals surface area (Å²) in [4.78, 5) is 11.0. The van der Waals surface area contributed by atoms with Crippen LogP contribution in [0.3, 0.4) is 0 Å². The first-order chi connectivity index (χ1) is 7.59. The zero-order chi connectivity index (χ0) is 12.0. The number of esters is 1. The van der Waals surface area contributed by atoms with Gasteiger partial charge in [0.05, 0.1) is 0 Å². The van der Waals surface area contributed by atoms with Crippen molar-refractivity contribution in [1.29, 1.82) is 0 Å². The molecule has 0 heterocycles. The zero-order valence-electron chi connectivity index (χ0n) is 9.97. The average molecular weight is 285 g/mol. The molecule has 0 bridgehead atoms. The molecule has 1 rings (SSSR count). The van der Waals surface area contributed by atoms with E-state index in [2.05, 4.69) is 26.0 Å². The molecule has 88 valence electrons. The molecule has 0 aliphatic rings. The van der Waals surface area contributed by atoms with E-state index < -0.39 is 0 Å². The normalized spacial score (nSPS) is 12.5. The summed E-state index contributed by atoms with van der Waals surface area (Å²) in [5.41, 5.74) is 0. The van der Waals surface area contributed by atoms with E-state index in [0.717, 1.165) is 5.32 Å². The van der Waals surface area contributed by atoms with Gasteiger partial charge >= 0.3 is 103 Å². The quantitative estimate of drug-likeness (QED) is 0.611. The molecule has 0 saturated heterocycles. The average Bonchev–Trinajstić information content (AvgIpc) is 2.25. The van der Waals surface area contributed by atoms with E-state index in [1.54, 1.807) is 0 Å². The van der Waals surface area contributed by atoms with E-state index in [9.17, 15) is 4.79 Å². The van der Waals surface area contributed by atoms with Gasteiger partial charge in [0.2, 0.25) is 0 Å². The van der Waals surface area contributed by atoms with Crippen LogP contribution in [0.5, 0.6) is 0 Å². The molecule has 0 unspecified atom stereocenters. The van der Waals surface area contributed by atoms with Crippen molar-refractivity contribution in [2.75, 3.05) is 0 Å². The third-order valence-corrected chi connectivity index (χ3v) is 4.53. The van der Waals surface area contributed by atoms with E-state index in [4.69, 9.17) is 4.74 Å². The van der Waals surface area contributed by atoms with Gasteiger partial charge in [0.25, 0.3) is 0 Å². The number of ether oxygens (including phenoxy) is 1. The van der Waals surface area contributed by atoms with Crippen LogP contribution >= 0.6 is 0 Å². The van der Waals surface area contributed by atoms with Crippen LogP contribution in [0.2, 0.25) is 5.32 Å². The van der Waals surface area contributed by atoms with Gasteiger partial charge in [0.1, 0.15) is 0 Å². The summed E-state index contributed by atoms with van der Waals surface area (Å²) in [5, 5.41) is 0.953. The number of hydrogen-bond donors (Lipinski definition) is 0. The fourth-order valence-electron chi connectivity index (χ4n) is 1.27. The molecule has 0 aliphatic heterocycles. The summed E-state index contributed by atoms with van der Waals surface area (Å²) in [6.07, 6.45) is 0.0534. The van der Waals surface area contributed by atoms with Crippen molar-refractivity contribution in [3.05, 3.63) is 30.3 Å². The summed E-state index contributed by atoms with van der Waals surface area (Å²) in [7, 11) is 0. The second kappa shape index (κ2) is 6.72. The minimum absolute atomic E-state index is 0.0534. The summed E-state index contributed by atoms with van der Waals surface area (Å²) in [6.45, 7) is 5.66. The van der Waals surface area contributed by atoms with Gasteiger partial charge in [-0.3, -0.25) is 0 Å². The topological polar surface area (TPSA) is 26.3 Å². The van der Waals surface area contributed by atoms with Crippen LogP contribution in [0.15, 0.2) is 30.3 Å². The van der Waals surface area contributed by atoms with Crippen molar-refractivity contribution in [1.82, 2.24) is 0 Å². The molecule has 0 spiro atoms. The third kappa shape index (κ3) is 4.82. The van der Waals surface area contributed by atoms with Crippen molar-refractivity contribution in [3.63, 3.8) is 0 Å². The van der Waals surface area contributed by atoms with Gasteiger partial charge in [0.15, 0.2) is 0 Å². The number of benzene rings is 1. The van der Waals surface area contributed by atoms with Gasteiger partial charge in [-0.05, 0) is 0 Å². The van der Waals surface area contributed by atoms with Crippen molar-refractivity contribution in [2.45, 2.75) is 32.2 Å². The molecular formula is C13H18O2Se. The number of rotatable bonds is 5. The summed E-state index contributed by atoms with van der Waals surface area (Å²) in [6, 6.07) is 10.4. The van der Waals surface area contributed by atoms with Crippen LogP contribution in [0.1, 0.15) is 20.8 Å². The van der Waals surface area contributed by atoms with Crippen LogP contribution in [0.25, 0.3) is 0 Å². The Labute approximate surface area is 104 Å². The SMILES string of the molecule is CC(=O)O[C@@H](C[Se]c1ccccc1)C(C)C. The van der Waals surface area contributed by atoms with Crippen LogP contribution in [-0.2, 0) is 9.53 Å². The maximum absolute atomic E-state index is 11.0. The molecule has 2 nitrogen and oxygen atoms in total. The van der Waals surface area contributed by atoms with Gasteiger partial charge in [-0.2, -0.15) is 0 Å². The van der Waals surface area contributed by atoms with Crippen LogP contribution < -0.4 is 4.46 Å². The standard InChI is InChI=1S/C13H18O2Se/c1-10(2)13(15-11(3)14)9-16-12-7-5-4-6-8-12/h4-8,10,13H,9H2,1-3H3/t13-/m0/s1. The molecule has 1 aromatic carbocycles. The Morgan fingerprint density at radius 2 is 1.94 bits per heavy atom. The molecule has 0 radical (unpaired) electrons. The second-order valence-electron chi connectivity index (χ2n) is 4.02. The summed E-state index contributed by atoms with van der Waals surface area (Å²) >= 11 is 0.381. The second-order valence-corrected chi connectivity index (χ2v) is 6.31. The molecule has 16 heavy (non-hydrogen) atoms. The van der Waals surface area contributed by atoms with Gasteiger partial charge in [-0.15, -0.1) is 0 Å². The monoisotopic (exact) mass is 286 g/mol. The predicted molar refractivity (Wildman–Crippen MR) is 67.0 cm³/mol. The summed E-state index contributed by atoms with van der Waals surface area (Å²) < 4.78 is 6.66. The number of carbonyl (C=O) groups is 1. The van der Waals surface area contributed by atoms with Crippen molar-refractivity contribution < 1.29 is 9.53 Å². The molecular weight excluding hydrogens is 267 g/mol. The first-order valence-electron chi connectivity index (χ1n) is 5.44. The van der Waals surface area contributed by atoms with Gasteiger partial charge in [-0.25, -0.2) is 0 Å². The van der Waals surface area contributed by atoms with Gasteiger partial charge in [-0.1, -0.05) is 0 Å². The zero-order valence-corrected chi connectivity index (χ0v) is 11.7. The molecule has 1 aromatic rings. The Bertz CT molecular complexity index is 322. The van der Waals surface area contributed by atoms with Gasteiger partial charge < -0.3 is 0 Å². The van der Waals surface area contributed by atoms with Gasteiger partial charge in [0, 0.05) is 0 Å². The molecule has 3 heteroatoms. The minimum atomic E-state index is -0.178. The number of carbonyl (C=O) groups excluding carboxylic acids is 1. The van der Waals surface area contributed by atoms with Crippen molar-refractivity contribution in [2.24, 2.45) is 5.92 Å². The molecule has 0 aromatic heterocycles. The fourth-order valence-corrected chi connectivity index (χ4v) is 3.70. The Morgan fingerprint density at radius 1 is 1.31 bits per heavy atom. The first-order valence-corrected chi connectivity index (χ1v) is 7.51. The molecule has 0 saturated carbocycles. The molecule has 0 amide bonds. The Kier molecular flexibility index (Phi) is 5.57. The van der Waals surface area contributed by atoms with E-state index in [-0.39, 0.29) is 12.1 Å². The van der Waals surface area contributed by atoms with E-state index >= 15 is 0 Å². The Morgan fingerprint density at radius 3 is 2.44 bits per heavy atom. The molecule has 0 fully saturated rings. The summed E-state index contributed by atoms with van der Waals surface area (Å²) in [5.74, 6) is 0.206. The third-order valence-electron chi connectivity index (χ3n) is 2.22. The van der Waals surface area contributed by atoms with Crippen LogP contribution in [-0.4, -0.2) is 27.0 Å². The molecule has 0 aliphatic carbocycles. The maximum atomic E-state index is 11.0. The fraction of sp³-hybridized carbons (Fsp3) is 0.462. The van der Waals surface area contributed by atoms with Crippen molar-refractivity contribution in [3.8, 4) is 0 Å².